The number of hydrogen-bond acceptors (Lipinski definition) is 5. The standard InChI is InChI=1S/C21H26FN3O4/c1-11-18-14(12-3-4-12)7-15(21(27)28)20(26)25(18)9-16(22)19(11)24-6-5-13(8-24)17(23)10-29-2/h7,9,12-13,17H,3-6,8,10,23H2,1-2H3,(H,27,28)/t13-,17-/m1/s1. The molecule has 0 spiro atoms. The van der Waals surface area contributed by atoms with Crippen LogP contribution in [0.5, 0.6) is 0 Å². The summed E-state index contributed by atoms with van der Waals surface area (Å²) in [6, 6.07) is 1.37. The number of anilines is 1. The van der Waals surface area contributed by atoms with E-state index in [1.165, 1.54) is 10.5 Å². The molecule has 29 heavy (non-hydrogen) atoms. The third kappa shape index (κ3) is 3.40. The molecule has 4 rings (SSSR count). The minimum absolute atomic E-state index is 0.114. The lowest BCUT2D eigenvalue weighted by Crippen LogP contribution is -2.36. The highest BCUT2D eigenvalue weighted by Crippen LogP contribution is 2.44. The molecule has 1 aliphatic carbocycles. The molecular weight excluding hydrogens is 377 g/mol. The molecule has 2 atom stereocenters. The number of methoxy groups -OCH3 is 1. The smallest absolute Gasteiger partial charge is 0.341 e. The van der Waals surface area contributed by atoms with Crippen LogP contribution in [0, 0.1) is 18.7 Å². The lowest BCUT2D eigenvalue weighted by atomic mass is 10.0. The SMILES string of the molecule is COC[C@@H](N)[C@@H]1CCN(c2c(F)cn3c(=O)c(C(=O)O)cc(C4CC4)c3c2C)C1. The Morgan fingerprint density at radius 2 is 2.14 bits per heavy atom. The molecule has 1 saturated heterocycles. The van der Waals surface area contributed by atoms with Crippen LogP contribution in [0.2, 0.25) is 0 Å². The second kappa shape index (κ2) is 7.42. The Balaban J connectivity index is 1.83. The lowest BCUT2D eigenvalue weighted by Gasteiger charge is -2.25. The number of rotatable bonds is 6. The molecular formula is C21H26FN3O4. The number of nitrogens with zero attached hydrogens (tertiary/aromatic N) is 2. The van der Waals surface area contributed by atoms with Crippen LogP contribution in [-0.4, -0.2) is 48.3 Å². The fraction of sp³-hybridized carbons (Fsp3) is 0.524. The van der Waals surface area contributed by atoms with Gasteiger partial charge in [-0.2, -0.15) is 0 Å². The second-order valence-electron chi connectivity index (χ2n) is 8.18. The largest absolute Gasteiger partial charge is 0.477 e. The number of aromatic carboxylic acids is 1. The van der Waals surface area contributed by atoms with E-state index < -0.39 is 17.3 Å². The van der Waals surface area contributed by atoms with Crippen molar-refractivity contribution in [3.63, 3.8) is 0 Å². The van der Waals surface area contributed by atoms with Gasteiger partial charge in [-0.05, 0) is 55.2 Å². The average Bonchev–Trinajstić information content (AvgIpc) is 3.40. The summed E-state index contributed by atoms with van der Waals surface area (Å²) in [5.74, 6) is -1.41. The van der Waals surface area contributed by atoms with Gasteiger partial charge in [0, 0.05) is 26.2 Å². The molecule has 0 radical (unpaired) electrons. The monoisotopic (exact) mass is 403 g/mol. The van der Waals surface area contributed by atoms with E-state index in [0.29, 0.717) is 36.5 Å². The lowest BCUT2D eigenvalue weighted by molar-refractivity contribution is 0.0694. The maximum Gasteiger partial charge on any atom is 0.341 e. The molecule has 0 amide bonds. The van der Waals surface area contributed by atoms with Gasteiger partial charge in [0.1, 0.15) is 5.56 Å². The number of hydrogen-bond donors (Lipinski definition) is 2. The first-order valence-corrected chi connectivity index (χ1v) is 9.94. The van der Waals surface area contributed by atoms with Crippen molar-refractivity contribution in [2.24, 2.45) is 11.7 Å². The second-order valence-corrected chi connectivity index (χ2v) is 8.18. The molecule has 1 aliphatic heterocycles. The van der Waals surface area contributed by atoms with E-state index in [-0.39, 0.29) is 23.4 Å². The number of carboxylic acid groups (broad SMARTS) is 1. The van der Waals surface area contributed by atoms with E-state index in [1.54, 1.807) is 7.11 Å². The van der Waals surface area contributed by atoms with Crippen LogP contribution in [0.1, 0.15) is 46.7 Å². The van der Waals surface area contributed by atoms with Crippen LogP contribution in [0.4, 0.5) is 10.1 Å². The van der Waals surface area contributed by atoms with Crippen LogP contribution in [0.15, 0.2) is 17.1 Å². The first kappa shape index (κ1) is 19.8. The molecule has 2 aliphatic rings. The summed E-state index contributed by atoms with van der Waals surface area (Å²) >= 11 is 0. The highest BCUT2D eigenvalue weighted by Gasteiger charge is 2.33. The van der Waals surface area contributed by atoms with Crippen LogP contribution in [-0.2, 0) is 4.74 Å². The Labute approximate surface area is 167 Å². The van der Waals surface area contributed by atoms with E-state index in [1.807, 2.05) is 11.8 Å². The first-order chi connectivity index (χ1) is 13.8. The molecule has 3 heterocycles. The third-order valence-corrected chi connectivity index (χ3v) is 6.20. The van der Waals surface area contributed by atoms with Crippen molar-refractivity contribution in [1.82, 2.24) is 4.40 Å². The molecule has 1 saturated carbocycles. The van der Waals surface area contributed by atoms with Gasteiger partial charge in [0.05, 0.1) is 24.0 Å². The molecule has 0 unspecified atom stereocenters. The van der Waals surface area contributed by atoms with E-state index in [9.17, 15) is 14.7 Å². The highest BCUT2D eigenvalue weighted by molar-refractivity contribution is 5.89. The minimum Gasteiger partial charge on any atom is -0.477 e. The zero-order chi connectivity index (χ0) is 20.9. The Hall–Kier alpha value is -2.45. The van der Waals surface area contributed by atoms with Crippen molar-refractivity contribution >= 4 is 17.2 Å². The van der Waals surface area contributed by atoms with E-state index in [0.717, 1.165) is 31.0 Å². The molecule has 2 aromatic heterocycles. The topological polar surface area (TPSA) is 97.3 Å². The van der Waals surface area contributed by atoms with Gasteiger partial charge in [-0.25, -0.2) is 9.18 Å². The fourth-order valence-electron chi connectivity index (χ4n) is 4.56. The van der Waals surface area contributed by atoms with Crippen LogP contribution < -0.4 is 16.2 Å². The third-order valence-electron chi connectivity index (χ3n) is 6.20. The van der Waals surface area contributed by atoms with Gasteiger partial charge in [0.2, 0.25) is 0 Å². The summed E-state index contributed by atoms with van der Waals surface area (Å²) in [7, 11) is 1.61. The molecule has 0 bridgehead atoms. The van der Waals surface area contributed by atoms with Gasteiger partial charge in [0.25, 0.3) is 5.56 Å². The number of ether oxygens (including phenoxy) is 1. The van der Waals surface area contributed by atoms with Crippen molar-refractivity contribution in [1.29, 1.82) is 0 Å². The Morgan fingerprint density at radius 1 is 1.41 bits per heavy atom. The number of nitrogens with two attached hydrogens (primary N) is 1. The zero-order valence-corrected chi connectivity index (χ0v) is 16.7. The number of halogens is 1. The minimum atomic E-state index is -1.29. The number of carbonyl (C=O) groups is 1. The summed E-state index contributed by atoms with van der Waals surface area (Å²) in [6.45, 7) is 3.56. The normalized spacial score (nSPS) is 20.4. The summed E-state index contributed by atoms with van der Waals surface area (Å²) in [5, 5.41) is 9.41. The van der Waals surface area contributed by atoms with Gasteiger partial charge in [-0.1, -0.05) is 0 Å². The molecule has 7 nitrogen and oxygen atoms in total. The average molecular weight is 403 g/mol. The highest BCUT2D eigenvalue weighted by atomic mass is 19.1. The molecule has 2 fully saturated rings. The van der Waals surface area contributed by atoms with E-state index >= 15 is 4.39 Å². The van der Waals surface area contributed by atoms with Gasteiger partial charge < -0.3 is 20.5 Å². The molecule has 2 aromatic rings. The molecule has 8 heteroatoms. The van der Waals surface area contributed by atoms with Crippen LogP contribution >= 0.6 is 0 Å². The van der Waals surface area contributed by atoms with Gasteiger partial charge in [-0.15, -0.1) is 0 Å². The number of fused-ring (bicyclic) bond motifs is 1. The number of pyridine rings is 2. The quantitative estimate of drug-likeness (QED) is 0.767. The van der Waals surface area contributed by atoms with Crippen molar-refractivity contribution in [2.75, 3.05) is 31.7 Å². The van der Waals surface area contributed by atoms with Crippen molar-refractivity contribution in [2.45, 2.75) is 38.1 Å². The summed E-state index contributed by atoms with van der Waals surface area (Å²) in [6.07, 6.45) is 3.86. The predicted molar refractivity (Wildman–Crippen MR) is 107 cm³/mol. The predicted octanol–water partition coefficient (Wildman–Crippen LogP) is 2.12. The van der Waals surface area contributed by atoms with Crippen molar-refractivity contribution in [3.8, 4) is 0 Å². The van der Waals surface area contributed by atoms with Gasteiger partial charge in [0.15, 0.2) is 5.82 Å². The number of aryl methyl sites for hydroxylation is 1. The summed E-state index contributed by atoms with van der Waals surface area (Å²) < 4.78 is 21.5. The van der Waals surface area contributed by atoms with Crippen LogP contribution in [0.3, 0.4) is 0 Å². The zero-order valence-electron chi connectivity index (χ0n) is 16.7. The number of carboxylic acids is 1. The van der Waals surface area contributed by atoms with E-state index in [4.69, 9.17) is 10.5 Å². The summed E-state index contributed by atoms with van der Waals surface area (Å²) in [5.41, 5.74) is 7.75. The Kier molecular flexibility index (Phi) is 5.08. The number of aromatic nitrogens is 1. The molecule has 3 N–H and O–H groups in total. The first-order valence-electron chi connectivity index (χ1n) is 9.94. The molecule has 156 valence electrons. The van der Waals surface area contributed by atoms with Gasteiger partial charge >= 0.3 is 5.97 Å². The van der Waals surface area contributed by atoms with Crippen molar-refractivity contribution < 1.29 is 19.0 Å². The Morgan fingerprint density at radius 3 is 2.76 bits per heavy atom. The van der Waals surface area contributed by atoms with Crippen LogP contribution in [0.25, 0.3) is 5.52 Å². The van der Waals surface area contributed by atoms with Gasteiger partial charge in [-0.3, -0.25) is 9.20 Å². The molecule has 0 aromatic carbocycles. The van der Waals surface area contributed by atoms with E-state index in [2.05, 4.69) is 0 Å². The fourth-order valence-corrected chi connectivity index (χ4v) is 4.56. The maximum atomic E-state index is 15.2. The Bertz CT molecular complexity index is 1030. The summed E-state index contributed by atoms with van der Waals surface area (Å²) in [4.78, 5) is 26.2. The van der Waals surface area contributed by atoms with Crippen molar-refractivity contribution in [3.05, 3.63) is 45.1 Å². The maximum absolute atomic E-state index is 15.2.